The van der Waals surface area contributed by atoms with Crippen LogP contribution in [0.1, 0.15) is 5.69 Å². The molecule has 13 heavy (non-hydrogen) atoms. The molecule has 0 amide bonds. The first kappa shape index (κ1) is 10.3. The molecule has 0 bridgehead atoms. The van der Waals surface area contributed by atoms with Crippen LogP contribution in [0, 0.1) is 0 Å². The fraction of sp³-hybridized carbons (Fsp3) is 0.286. The van der Waals surface area contributed by atoms with Crippen molar-refractivity contribution in [2.24, 2.45) is 0 Å². The molecule has 0 spiro atoms. The Hall–Kier alpha value is -0.810. The molecule has 1 aromatic rings. The number of halogens is 1. The molecule has 0 fully saturated rings. The SMILES string of the molecule is COc1cccc(CS(=O)(=O)Cl)n1. The number of hydrogen-bond acceptors (Lipinski definition) is 4. The van der Waals surface area contributed by atoms with E-state index in [1.807, 2.05) is 0 Å². The highest BCUT2D eigenvalue weighted by molar-refractivity contribution is 8.13. The summed E-state index contributed by atoms with van der Waals surface area (Å²) in [6.07, 6.45) is 0. The topological polar surface area (TPSA) is 56.3 Å². The summed E-state index contributed by atoms with van der Waals surface area (Å²) >= 11 is 0. The second kappa shape index (κ2) is 3.93. The minimum Gasteiger partial charge on any atom is -0.481 e. The molecule has 0 radical (unpaired) electrons. The summed E-state index contributed by atoms with van der Waals surface area (Å²) in [6.45, 7) is 0. The molecule has 0 aliphatic rings. The molecule has 4 nitrogen and oxygen atoms in total. The van der Waals surface area contributed by atoms with Gasteiger partial charge in [0.1, 0.15) is 5.75 Å². The molecule has 0 aliphatic carbocycles. The van der Waals surface area contributed by atoms with Crippen molar-refractivity contribution in [3.8, 4) is 5.88 Å². The third kappa shape index (κ3) is 3.61. The van der Waals surface area contributed by atoms with Crippen molar-refractivity contribution < 1.29 is 13.2 Å². The molecule has 72 valence electrons. The minimum absolute atomic E-state index is 0.286. The number of nitrogens with zero attached hydrogens (tertiary/aromatic N) is 1. The van der Waals surface area contributed by atoms with Gasteiger partial charge in [-0.1, -0.05) is 6.07 Å². The lowest BCUT2D eigenvalue weighted by atomic mass is 10.4. The van der Waals surface area contributed by atoms with Gasteiger partial charge in [-0.05, 0) is 6.07 Å². The van der Waals surface area contributed by atoms with E-state index in [9.17, 15) is 8.42 Å². The molecule has 1 rings (SSSR count). The Bertz CT molecular complexity index is 390. The quantitative estimate of drug-likeness (QED) is 0.719. The van der Waals surface area contributed by atoms with E-state index in [4.69, 9.17) is 15.4 Å². The van der Waals surface area contributed by atoms with Gasteiger partial charge in [0.15, 0.2) is 0 Å². The van der Waals surface area contributed by atoms with Crippen LogP contribution in [0.15, 0.2) is 18.2 Å². The average Bonchev–Trinajstić information content (AvgIpc) is 2.01. The number of pyridine rings is 1. The highest BCUT2D eigenvalue weighted by Gasteiger charge is 2.08. The largest absolute Gasteiger partial charge is 0.481 e. The zero-order valence-electron chi connectivity index (χ0n) is 6.90. The fourth-order valence-electron chi connectivity index (χ4n) is 0.828. The summed E-state index contributed by atoms with van der Waals surface area (Å²) in [7, 11) is 2.97. The average molecular weight is 222 g/mol. The predicted molar refractivity (Wildman–Crippen MR) is 49.3 cm³/mol. The Labute approximate surface area is 80.9 Å². The summed E-state index contributed by atoms with van der Waals surface area (Å²) < 4.78 is 26.2. The van der Waals surface area contributed by atoms with Gasteiger partial charge in [0.2, 0.25) is 14.9 Å². The van der Waals surface area contributed by atoms with Gasteiger partial charge in [-0.3, -0.25) is 0 Å². The van der Waals surface area contributed by atoms with Gasteiger partial charge >= 0.3 is 0 Å². The van der Waals surface area contributed by atoms with Crippen molar-refractivity contribution in [2.45, 2.75) is 5.75 Å². The monoisotopic (exact) mass is 221 g/mol. The van der Waals surface area contributed by atoms with E-state index < -0.39 is 9.05 Å². The maximum absolute atomic E-state index is 10.7. The third-order valence-electron chi connectivity index (χ3n) is 1.31. The number of ether oxygens (including phenoxy) is 1. The van der Waals surface area contributed by atoms with Gasteiger partial charge in [-0.25, -0.2) is 13.4 Å². The molecule has 0 aromatic carbocycles. The normalized spacial score (nSPS) is 11.2. The van der Waals surface area contributed by atoms with Crippen LogP contribution in [0.25, 0.3) is 0 Å². The van der Waals surface area contributed by atoms with Crippen LogP contribution >= 0.6 is 10.7 Å². The number of rotatable bonds is 3. The maximum atomic E-state index is 10.7. The Morgan fingerprint density at radius 1 is 1.54 bits per heavy atom. The van der Waals surface area contributed by atoms with Crippen molar-refractivity contribution in [1.29, 1.82) is 0 Å². The Morgan fingerprint density at radius 2 is 2.23 bits per heavy atom. The molecular weight excluding hydrogens is 214 g/mol. The number of methoxy groups -OCH3 is 1. The van der Waals surface area contributed by atoms with Gasteiger partial charge in [-0.2, -0.15) is 0 Å². The van der Waals surface area contributed by atoms with Gasteiger partial charge < -0.3 is 4.74 Å². The van der Waals surface area contributed by atoms with Crippen molar-refractivity contribution in [3.05, 3.63) is 23.9 Å². The zero-order chi connectivity index (χ0) is 9.90. The van der Waals surface area contributed by atoms with Gasteiger partial charge in [0, 0.05) is 16.7 Å². The summed E-state index contributed by atoms with van der Waals surface area (Å²) in [5, 5.41) is 0. The lowest BCUT2D eigenvalue weighted by Crippen LogP contribution is -1.98. The maximum Gasteiger partial charge on any atom is 0.238 e. The molecule has 0 aliphatic heterocycles. The summed E-state index contributed by atoms with van der Waals surface area (Å²) in [5.74, 6) is 0.0870. The number of aromatic nitrogens is 1. The van der Waals surface area contributed by atoms with Gasteiger partial charge in [0.05, 0.1) is 12.8 Å². The highest BCUT2D eigenvalue weighted by atomic mass is 35.7. The van der Waals surface area contributed by atoms with E-state index in [1.165, 1.54) is 7.11 Å². The van der Waals surface area contributed by atoms with Crippen molar-refractivity contribution in [1.82, 2.24) is 4.98 Å². The summed E-state index contributed by atoms with van der Waals surface area (Å²) in [4.78, 5) is 3.89. The van der Waals surface area contributed by atoms with E-state index in [0.717, 1.165) is 0 Å². The lowest BCUT2D eigenvalue weighted by molar-refractivity contribution is 0.397. The van der Waals surface area contributed by atoms with Crippen LogP contribution in [-0.4, -0.2) is 20.5 Å². The van der Waals surface area contributed by atoms with Crippen LogP contribution in [-0.2, 0) is 14.8 Å². The first-order valence-electron chi connectivity index (χ1n) is 3.43. The van der Waals surface area contributed by atoms with E-state index >= 15 is 0 Å². The first-order chi connectivity index (χ1) is 6.01. The molecule has 0 saturated carbocycles. The van der Waals surface area contributed by atoms with Crippen LogP contribution in [0.5, 0.6) is 5.88 Å². The second-order valence-electron chi connectivity index (χ2n) is 2.35. The van der Waals surface area contributed by atoms with E-state index in [2.05, 4.69) is 4.98 Å². The smallest absolute Gasteiger partial charge is 0.238 e. The van der Waals surface area contributed by atoms with E-state index in [-0.39, 0.29) is 5.75 Å². The molecule has 6 heteroatoms. The van der Waals surface area contributed by atoms with Crippen molar-refractivity contribution in [2.75, 3.05) is 7.11 Å². The molecule has 0 atom stereocenters. The van der Waals surface area contributed by atoms with E-state index in [0.29, 0.717) is 11.6 Å². The van der Waals surface area contributed by atoms with Crippen LogP contribution in [0.3, 0.4) is 0 Å². The Balaban J connectivity index is 2.90. The lowest BCUT2D eigenvalue weighted by Gasteiger charge is -2.00. The second-order valence-corrected chi connectivity index (χ2v) is 5.13. The summed E-state index contributed by atoms with van der Waals surface area (Å²) in [6, 6.07) is 4.86. The number of hydrogen-bond donors (Lipinski definition) is 0. The van der Waals surface area contributed by atoms with Crippen molar-refractivity contribution in [3.63, 3.8) is 0 Å². The van der Waals surface area contributed by atoms with Crippen LogP contribution < -0.4 is 4.74 Å². The molecule has 1 aromatic heterocycles. The molecule has 0 unspecified atom stereocenters. The summed E-state index contributed by atoms with van der Waals surface area (Å²) in [5.41, 5.74) is 0.370. The Morgan fingerprint density at radius 3 is 2.77 bits per heavy atom. The van der Waals surface area contributed by atoms with E-state index in [1.54, 1.807) is 18.2 Å². The van der Waals surface area contributed by atoms with Gasteiger partial charge in [0.25, 0.3) is 0 Å². The molecular formula is C7H8ClNO3S. The minimum atomic E-state index is -3.55. The molecule has 0 saturated heterocycles. The first-order valence-corrected chi connectivity index (χ1v) is 5.91. The van der Waals surface area contributed by atoms with Crippen LogP contribution in [0.2, 0.25) is 0 Å². The zero-order valence-corrected chi connectivity index (χ0v) is 8.47. The van der Waals surface area contributed by atoms with Gasteiger partial charge in [-0.15, -0.1) is 0 Å². The van der Waals surface area contributed by atoms with Crippen molar-refractivity contribution >= 4 is 19.7 Å². The molecule has 0 N–H and O–H groups in total. The third-order valence-corrected chi connectivity index (χ3v) is 2.28. The Kier molecular flexibility index (Phi) is 3.11. The van der Waals surface area contributed by atoms with Crippen LogP contribution in [0.4, 0.5) is 0 Å². The fourth-order valence-corrected chi connectivity index (χ4v) is 1.68. The highest BCUT2D eigenvalue weighted by Crippen LogP contribution is 2.11. The standard InChI is InChI=1S/C7H8ClNO3S/c1-12-7-4-2-3-6(9-7)5-13(8,10)11/h2-4H,5H2,1H3. The predicted octanol–water partition coefficient (Wildman–Crippen LogP) is 1.16. The molecule has 1 heterocycles.